The third-order valence-corrected chi connectivity index (χ3v) is 4.29. The number of methoxy groups -OCH3 is 1. The quantitative estimate of drug-likeness (QED) is 0.787. The number of aliphatic hydroxyl groups is 1. The maximum atomic E-state index is 9.42. The predicted molar refractivity (Wildman–Crippen MR) is 92.1 cm³/mol. The molecule has 0 bridgehead atoms. The Bertz CT molecular complexity index is 819. The number of benzene rings is 2. The average Bonchev–Trinajstić information content (AvgIpc) is 2.86. The van der Waals surface area contributed by atoms with Gasteiger partial charge in [0.2, 0.25) is 0 Å². The van der Waals surface area contributed by atoms with Crippen LogP contribution in [0.1, 0.15) is 22.5 Å². The molecule has 3 aromatic rings. The molecule has 4 heteroatoms. The number of hydrogen-bond donors (Lipinski definition) is 1. The van der Waals surface area contributed by atoms with Crippen LogP contribution in [-0.2, 0) is 13.0 Å². The van der Waals surface area contributed by atoms with Gasteiger partial charge in [-0.1, -0.05) is 12.1 Å². The zero-order valence-corrected chi connectivity index (χ0v) is 13.8. The van der Waals surface area contributed by atoms with Gasteiger partial charge < -0.3 is 14.4 Å². The molecule has 0 fully saturated rings. The zero-order valence-electron chi connectivity index (χ0n) is 13.8. The molecule has 0 spiro atoms. The molecule has 1 aromatic heterocycles. The van der Waals surface area contributed by atoms with Crippen LogP contribution in [0.5, 0.6) is 5.75 Å². The molecule has 23 heavy (non-hydrogen) atoms. The van der Waals surface area contributed by atoms with E-state index >= 15 is 0 Å². The maximum Gasteiger partial charge on any atom is 0.118 e. The number of aryl methyl sites for hydroxylation is 2. The molecule has 2 aromatic carbocycles. The number of ether oxygens (including phenoxy) is 1. The summed E-state index contributed by atoms with van der Waals surface area (Å²) >= 11 is 0. The van der Waals surface area contributed by atoms with Crippen LogP contribution in [0.4, 0.5) is 0 Å². The van der Waals surface area contributed by atoms with Crippen LogP contribution in [0.2, 0.25) is 0 Å². The number of aromatic nitrogens is 2. The minimum atomic E-state index is 0.105. The molecule has 0 amide bonds. The van der Waals surface area contributed by atoms with Crippen molar-refractivity contribution in [2.45, 2.75) is 26.8 Å². The normalized spacial score (nSPS) is 11.1. The van der Waals surface area contributed by atoms with Gasteiger partial charge in [-0.25, -0.2) is 4.98 Å². The molecule has 3 rings (SSSR count). The van der Waals surface area contributed by atoms with Gasteiger partial charge in [0, 0.05) is 13.0 Å². The second-order valence-electron chi connectivity index (χ2n) is 5.85. The highest BCUT2D eigenvalue weighted by Crippen LogP contribution is 2.23. The van der Waals surface area contributed by atoms with Gasteiger partial charge in [-0.3, -0.25) is 0 Å². The number of nitrogens with zero attached hydrogens (tertiary/aromatic N) is 2. The van der Waals surface area contributed by atoms with Crippen molar-refractivity contribution < 1.29 is 9.84 Å². The highest BCUT2D eigenvalue weighted by Gasteiger charge is 2.12. The lowest BCUT2D eigenvalue weighted by Gasteiger charge is -2.09. The van der Waals surface area contributed by atoms with Crippen LogP contribution in [0.25, 0.3) is 11.0 Å². The molecule has 0 aliphatic rings. The van der Waals surface area contributed by atoms with E-state index in [0.29, 0.717) is 6.54 Å². The standard InChI is InChI=1S/C19H22N2O2/c1-13-10-17-18(11-14(13)2)21(8-9-22)19(20-17)12-15-4-6-16(23-3)7-5-15/h4-7,10-11,22H,8-9,12H2,1-3H3. The van der Waals surface area contributed by atoms with Gasteiger partial charge in [0.05, 0.1) is 24.8 Å². The Morgan fingerprint density at radius 1 is 1.09 bits per heavy atom. The highest BCUT2D eigenvalue weighted by atomic mass is 16.5. The van der Waals surface area contributed by atoms with Gasteiger partial charge in [0.25, 0.3) is 0 Å². The van der Waals surface area contributed by atoms with Crippen LogP contribution in [0.3, 0.4) is 0 Å². The first kappa shape index (κ1) is 15.6. The summed E-state index contributed by atoms with van der Waals surface area (Å²) in [5.74, 6) is 1.83. The van der Waals surface area contributed by atoms with E-state index in [4.69, 9.17) is 9.72 Å². The molecule has 0 aliphatic carbocycles. The summed E-state index contributed by atoms with van der Waals surface area (Å²) in [7, 11) is 1.67. The van der Waals surface area contributed by atoms with E-state index in [1.165, 1.54) is 16.7 Å². The van der Waals surface area contributed by atoms with Crippen LogP contribution in [0, 0.1) is 13.8 Å². The average molecular weight is 310 g/mol. The van der Waals surface area contributed by atoms with Crippen molar-refractivity contribution in [3.63, 3.8) is 0 Å². The van der Waals surface area contributed by atoms with Crippen molar-refractivity contribution in [2.75, 3.05) is 13.7 Å². The van der Waals surface area contributed by atoms with Crippen molar-refractivity contribution in [3.8, 4) is 5.75 Å². The van der Waals surface area contributed by atoms with Crippen LogP contribution in [-0.4, -0.2) is 28.4 Å². The molecule has 0 radical (unpaired) electrons. The largest absolute Gasteiger partial charge is 0.497 e. The first-order valence-electron chi connectivity index (χ1n) is 7.82. The van der Waals surface area contributed by atoms with Gasteiger partial charge in [0.15, 0.2) is 0 Å². The monoisotopic (exact) mass is 310 g/mol. The fourth-order valence-electron chi connectivity index (χ4n) is 2.84. The Balaban J connectivity index is 2.02. The minimum Gasteiger partial charge on any atom is -0.497 e. The summed E-state index contributed by atoms with van der Waals surface area (Å²) in [6.07, 6.45) is 0.733. The van der Waals surface area contributed by atoms with Crippen LogP contribution in [0.15, 0.2) is 36.4 Å². The zero-order chi connectivity index (χ0) is 16.4. The Morgan fingerprint density at radius 2 is 1.78 bits per heavy atom. The van der Waals surface area contributed by atoms with Crippen molar-refractivity contribution in [1.29, 1.82) is 0 Å². The predicted octanol–water partition coefficient (Wildman–Crippen LogP) is 3.24. The summed E-state index contributed by atoms with van der Waals surface area (Å²) < 4.78 is 7.32. The van der Waals surface area contributed by atoms with Gasteiger partial charge in [-0.05, 0) is 54.8 Å². The molecule has 1 N–H and O–H groups in total. The van der Waals surface area contributed by atoms with Crippen molar-refractivity contribution in [1.82, 2.24) is 9.55 Å². The summed E-state index contributed by atoms with van der Waals surface area (Å²) in [5.41, 5.74) is 5.74. The fraction of sp³-hybridized carbons (Fsp3) is 0.316. The van der Waals surface area contributed by atoms with Crippen LogP contribution < -0.4 is 4.74 Å². The number of imidazole rings is 1. The first-order valence-corrected chi connectivity index (χ1v) is 7.82. The lowest BCUT2D eigenvalue weighted by Crippen LogP contribution is -2.07. The second kappa shape index (κ2) is 6.42. The van der Waals surface area contributed by atoms with Gasteiger partial charge >= 0.3 is 0 Å². The second-order valence-corrected chi connectivity index (χ2v) is 5.85. The van der Waals surface area contributed by atoms with Gasteiger partial charge in [-0.15, -0.1) is 0 Å². The topological polar surface area (TPSA) is 47.3 Å². The van der Waals surface area contributed by atoms with E-state index in [1.54, 1.807) is 7.11 Å². The molecule has 4 nitrogen and oxygen atoms in total. The molecular formula is C19H22N2O2. The molecule has 120 valence electrons. The van der Waals surface area contributed by atoms with E-state index in [0.717, 1.165) is 29.0 Å². The van der Waals surface area contributed by atoms with E-state index in [9.17, 15) is 5.11 Å². The third-order valence-electron chi connectivity index (χ3n) is 4.29. The third kappa shape index (κ3) is 3.08. The SMILES string of the molecule is COc1ccc(Cc2nc3cc(C)c(C)cc3n2CCO)cc1. The Morgan fingerprint density at radius 3 is 2.43 bits per heavy atom. The molecule has 0 saturated carbocycles. The van der Waals surface area contributed by atoms with Crippen molar-refractivity contribution in [2.24, 2.45) is 0 Å². The van der Waals surface area contributed by atoms with E-state index < -0.39 is 0 Å². The number of aliphatic hydroxyl groups excluding tert-OH is 1. The van der Waals surface area contributed by atoms with E-state index in [-0.39, 0.29) is 6.61 Å². The smallest absolute Gasteiger partial charge is 0.118 e. The minimum absolute atomic E-state index is 0.105. The number of fused-ring (bicyclic) bond motifs is 1. The summed E-state index contributed by atoms with van der Waals surface area (Å²) in [5, 5.41) is 9.42. The lowest BCUT2D eigenvalue weighted by molar-refractivity contribution is 0.276. The Kier molecular flexibility index (Phi) is 4.35. The summed E-state index contributed by atoms with van der Waals surface area (Å²) in [4.78, 5) is 4.79. The van der Waals surface area contributed by atoms with Gasteiger partial charge in [0.1, 0.15) is 11.6 Å². The molecule has 1 heterocycles. The van der Waals surface area contributed by atoms with Gasteiger partial charge in [-0.2, -0.15) is 0 Å². The molecule has 0 unspecified atom stereocenters. The van der Waals surface area contributed by atoms with E-state index in [1.807, 2.05) is 12.1 Å². The molecule has 0 aliphatic heterocycles. The molecular weight excluding hydrogens is 288 g/mol. The van der Waals surface area contributed by atoms with Crippen molar-refractivity contribution in [3.05, 3.63) is 58.9 Å². The number of hydrogen-bond acceptors (Lipinski definition) is 3. The van der Waals surface area contributed by atoms with Crippen LogP contribution >= 0.6 is 0 Å². The highest BCUT2D eigenvalue weighted by molar-refractivity contribution is 5.78. The Hall–Kier alpha value is -2.33. The Labute approximate surface area is 136 Å². The summed E-state index contributed by atoms with van der Waals surface area (Å²) in [6, 6.07) is 12.3. The van der Waals surface area contributed by atoms with Crippen molar-refractivity contribution >= 4 is 11.0 Å². The van der Waals surface area contributed by atoms with E-state index in [2.05, 4.69) is 42.7 Å². The lowest BCUT2D eigenvalue weighted by atomic mass is 10.1. The first-order chi connectivity index (χ1) is 11.1. The molecule has 0 saturated heterocycles. The fourth-order valence-corrected chi connectivity index (χ4v) is 2.84. The molecule has 0 atom stereocenters. The maximum absolute atomic E-state index is 9.42. The number of rotatable bonds is 5. The summed E-state index contributed by atoms with van der Waals surface area (Å²) in [6.45, 7) is 4.87.